The number of hydrazine groups is 1. The van der Waals surface area contributed by atoms with Crippen molar-refractivity contribution in [3.8, 4) is 0 Å². The third-order valence-electron chi connectivity index (χ3n) is 2.61. The highest BCUT2D eigenvalue weighted by molar-refractivity contribution is 5.10. The molecule has 5 nitrogen and oxygen atoms in total. The average Bonchev–Trinajstić information content (AvgIpc) is 2.56. The first kappa shape index (κ1) is 9.64. The summed E-state index contributed by atoms with van der Waals surface area (Å²) in [4.78, 5) is 2.25. The van der Waals surface area contributed by atoms with Gasteiger partial charge in [-0.15, -0.1) is 0 Å². The molecule has 1 saturated heterocycles. The zero-order chi connectivity index (χ0) is 10.1. The minimum absolute atomic E-state index is 0.159. The van der Waals surface area contributed by atoms with Crippen molar-refractivity contribution in [2.24, 2.45) is 5.84 Å². The number of rotatable bonds is 1. The zero-order valence-electron chi connectivity index (χ0n) is 8.60. The van der Waals surface area contributed by atoms with Crippen LogP contribution in [0.1, 0.15) is 17.5 Å². The van der Waals surface area contributed by atoms with Crippen LogP contribution in [0.2, 0.25) is 0 Å². The monoisotopic (exact) mass is 196 g/mol. The van der Waals surface area contributed by atoms with E-state index in [1.807, 2.05) is 18.0 Å². The predicted molar refractivity (Wildman–Crippen MR) is 52.4 cm³/mol. The van der Waals surface area contributed by atoms with Gasteiger partial charge in [0.2, 0.25) is 0 Å². The van der Waals surface area contributed by atoms with E-state index in [4.69, 9.17) is 10.4 Å². The molecule has 2 heterocycles. The van der Waals surface area contributed by atoms with Crippen LogP contribution in [0, 0.1) is 6.92 Å². The molecule has 1 aromatic rings. The summed E-state index contributed by atoms with van der Waals surface area (Å²) in [6.07, 6.45) is 0. The van der Waals surface area contributed by atoms with Gasteiger partial charge in [-0.2, -0.15) is 0 Å². The van der Waals surface area contributed by atoms with E-state index in [9.17, 15) is 0 Å². The van der Waals surface area contributed by atoms with E-state index < -0.39 is 0 Å². The molecule has 0 saturated carbocycles. The minimum atomic E-state index is 0.159. The third kappa shape index (κ3) is 1.79. The Hall–Kier alpha value is -0.910. The van der Waals surface area contributed by atoms with Crippen molar-refractivity contribution in [1.29, 1.82) is 0 Å². The van der Waals surface area contributed by atoms with Gasteiger partial charge in [-0.25, -0.2) is 5.01 Å². The van der Waals surface area contributed by atoms with Crippen LogP contribution in [0.5, 0.6) is 0 Å². The summed E-state index contributed by atoms with van der Waals surface area (Å²) in [6, 6.07) is 2.11. The molecule has 1 atom stereocenters. The lowest BCUT2D eigenvalue weighted by atomic mass is 10.1. The molecule has 0 bridgehead atoms. The maximum Gasteiger partial charge on any atom is 0.133 e. The van der Waals surface area contributed by atoms with Gasteiger partial charge in [0.05, 0.1) is 6.04 Å². The smallest absolute Gasteiger partial charge is 0.133 e. The van der Waals surface area contributed by atoms with E-state index >= 15 is 0 Å². The predicted octanol–water partition coefficient (Wildman–Crippen LogP) is 0.145. The molecule has 0 spiro atoms. The number of likely N-dealkylation sites (N-methyl/N-ethyl adjacent to an activating group) is 1. The lowest BCUT2D eigenvalue weighted by molar-refractivity contribution is 0.0859. The molecule has 14 heavy (non-hydrogen) atoms. The first-order chi connectivity index (χ1) is 6.66. The molecular weight excluding hydrogens is 180 g/mol. The molecule has 78 valence electrons. The Bertz CT molecular complexity index is 312. The summed E-state index contributed by atoms with van der Waals surface area (Å²) in [5.74, 6) is 6.74. The first-order valence-corrected chi connectivity index (χ1v) is 4.80. The zero-order valence-corrected chi connectivity index (χ0v) is 8.60. The third-order valence-corrected chi connectivity index (χ3v) is 2.61. The summed E-state index contributed by atoms with van der Waals surface area (Å²) < 4.78 is 5.05. The highest BCUT2D eigenvalue weighted by atomic mass is 16.5. The Morgan fingerprint density at radius 3 is 3.00 bits per heavy atom. The Morgan fingerprint density at radius 2 is 2.36 bits per heavy atom. The molecule has 1 unspecified atom stereocenters. The van der Waals surface area contributed by atoms with Gasteiger partial charge in [0, 0.05) is 25.7 Å². The van der Waals surface area contributed by atoms with Crippen LogP contribution in [0.25, 0.3) is 0 Å². The van der Waals surface area contributed by atoms with Gasteiger partial charge in [0.1, 0.15) is 11.5 Å². The van der Waals surface area contributed by atoms with Crippen molar-refractivity contribution in [2.75, 3.05) is 26.7 Å². The normalized spacial score (nSPS) is 25.5. The average molecular weight is 196 g/mol. The van der Waals surface area contributed by atoms with E-state index in [-0.39, 0.29) is 6.04 Å². The highest BCUT2D eigenvalue weighted by Gasteiger charge is 2.26. The van der Waals surface area contributed by atoms with E-state index in [0.717, 1.165) is 31.1 Å². The van der Waals surface area contributed by atoms with Crippen molar-refractivity contribution < 1.29 is 4.52 Å². The highest BCUT2D eigenvalue weighted by Crippen LogP contribution is 2.21. The van der Waals surface area contributed by atoms with Crippen molar-refractivity contribution >= 4 is 0 Å². The summed E-state index contributed by atoms with van der Waals surface area (Å²) in [7, 11) is 2.09. The van der Waals surface area contributed by atoms with Gasteiger partial charge in [0.25, 0.3) is 0 Å². The number of aryl methyl sites for hydroxylation is 1. The van der Waals surface area contributed by atoms with Crippen molar-refractivity contribution in [3.05, 3.63) is 17.5 Å². The Morgan fingerprint density at radius 1 is 1.57 bits per heavy atom. The van der Waals surface area contributed by atoms with Crippen molar-refractivity contribution in [3.63, 3.8) is 0 Å². The first-order valence-electron chi connectivity index (χ1n) is 4.80. The molecule has 1 aromatic heterocycles. The summed E-state index contributed by atoms with van der Waals surface area (Å²) in [5, 5.41) is 5.83. The molecule has 0 amide bonds. The van der Waals surface area contributed by atoms with Gasteiger partial charge < -0.3 is 9.42 Å². The molecular formula is C9H16N4O. The Balaban J connectivity index is 2.15. The van der Waals surface area contributed by atoms with E-state index in [2.05, 4.69) is 17.1 Å². The second-order valence-electron chi connectivity index (χ2n) is 3.88. The molecule has 0 aliphatic carbocycles. The SMILES string of the molecule is Cc1cc(C2CN(C)CCN2N)no1. The maximum atomic E-state index is 5.91. The molecule has 1 aliphatic heterocycles. The van der Waals surface area contributed by atoms with Crippen molar-refractivity contribution in [2.45, 2.75) is 13.0 Å². The lowest BCUT2D eigenvalue weighted by Gasteiger charge is -2.35. The van der Waals surface area contributed by atoms with Gasteiger partial charge >= 0.3 is 0 Å². The quantitative estimate of drug-likeness (QED) is 0.648. The molecule has 5 heteroatoms. The second kappa shape index (κ2) is 3.68. The largest absolute Gasteiger partial charge is 0.361 e. The molecule has 2 rings (SSSR count). The topological polar surface area (TPSA) is 58.5 Å². The van der Waals surface area contributed by atoms with E-state index in [0.29, 0.717) is 0 Å². The number of nitrogens with two attached hydrogens (primary N) is 1. The van der Waals surface area contributed by atoms with E-state index in [1.165, 1.54) is 0 Å². The number of hydrogen-bond donors (Lipinski definition) is 1. The molecule has 1 aliphatic rings. The molecule has 0 aromatic carbocycles. The van der Waals surface area contributed by atoms with Gasteiger partial charge in [-0.3, -0.25) is 5.84 Å². The number of hydrogen-bond acceptors (Lipinski definition) is 5. The van der Waals surface area contributed by atoms with Crippen molar-refractivity contribution in [1.82, 2.24) is 15.1 Å². The molecule has 0 radical (unpaired) electrons. The van der Waals surface area contributed by atoms with Crippen LogP contribution in [-0.4, -0.2) is 41.7 Å². The standard InChI is InChI=1S/C9H16N4O/c1-7-5-8(11-14-7)9-6-12(2)3-4-13(9)10/h5,9H,3-4,6,10H2,1-2H3. The van der Waals surface area contributed by atoms with Gasteiger partial charge in [-0.05, 0) is 14.0 Å². The van der Waals surface area contributed by atoms with Crippen LogP contribution < -0.4 is 5.84 Å². The fourth-order valence-corrected chi connectivity index (χ4v) is 1.74. The van der Waals surface area contributed by atoms with Gasteiger partial charge in [0.15, 0.2) is 0 Å². The van der Waals surface area contributed by atoms with Crippen LogP contribution in [-0.2, 0) is 0 Å². The number of nitrogens with zero attached hydrogens (tertiary/aromatic N) is 3. The fourth-order valence-electron chi connectivity index (χ4n) is 1.74. The van der Waals surface area contributed by atoms with Crippen LogP contribution in [0.3, 0.4) is 0 Å². The van der Waals surface area contributed by atoms with Crippen LogP contribution >= 0.6 is 0 Å². The summed E-state index contributed by atoms with van der Waals surface area (Å²) in [6.45, 7) is 4.67. The molecule has 1 fully saturated rings. The lowest BCUT2D eigenvalue weighted by Crippen LogP contribution is -2.50. The number of aromatic nitrogens is 1. The molecule has 2 N–H and O–H groups in total. The Kier molecular flexibility index (Phi) is 2.54. The van der Waals surface area contributed by atoms with E-state index in [1.54, 1.807) is 0 Å². The minimum Gasteiger partial charge on any atom is -0.361 e. The summed E-state index contributed by atoms with van der Waals surface area (Å²) >= 11 is 0. The second-order valence-corrected chi connectivity index (χ2v) is 3.88. The Labute approximate surface area is 83.4 Å². The van der Waals surface area contributed by atoms with Crippen LogP contribution in [0.4, 0.5) is 0 Å². The summed E-state index contributed by atoms with van der Waals surface area (Å²) in [5.41, 5.74) is 0.927. The van der Waals surface area contributed by atoms with Gasteiger partial charge in [-0.1, -0.05) is 5.16 Å². The maximum absolute atomic E-state index is 5.91. The van der Waals surface area contributed by atoms with Crippen LogP contribution in [0.15, 0.2) is 10.6 Å². The fraction of sp³-hybridized carbons (Fsp3) is 0.667. The number of piperazine rings is 1.